The number of hydrogen-bond donors (Lipinski definition) is 1. The van der Waals surface area contributed by atoms with Crippen LogP contribution < -0.4 is 5.32 Å². The topological polar surface area (TPSA) is 32.3 Å². The van der Waals surface area contributed by atoms with Crippen molar-refractivity contribution in [3.8, 4) is 0 Å². The highest BCUT2D eigenvalue weighted by atomic mass is 19.4. The molecular formula is C24H28F6N2O. The third-order valence-electron chi connectivity index (χ3n) is 7.05. The first-order chi connectivity index (χ1) is 15.4. The standard InChI is InChI=1S/C24H28F6N2O/c1-14-18(22(33)31-17-5-3-2-4-6-17)12-21(32(14)13-15-7-8-15)19-11-16(23(25,26)27)9-10-20(19)24(28,29)30/h9-11,15,17,21H,2-8,12-13H2,1H3,(H,31,33). The van der Waals surface area contributed by atoms with Gasteiger partial charge in [-0.1, -0.05) is 19.3 Å². The number of rotatable bonds is 5. The molecule has 1 N–H and O–H groups in total. The Morgan fingerprint density at radius 2 is 1.67 bits per heavy atom. The summed E-state index contributed by atoms with van der Waals surface area (Å²) in [6.45, 7) is 2.13. The summed E-state index contributed by atoms with van der Waals surface area (Å²) in [7, 11) is 0. The molecule has 0 spiro atoms. The van der Waals surface area contributed by atoms with E-state index >= 15 is 0 Å². The summed E-state index contributed by atoms with van der Waals surface area (Å²) in [5, 5.41) is 3.01. The maximum absolute atomic E-state index is 13.8. The van der Waals surface area contributed by atoms with E-state index in [2.05, 4.69) is 5.32 Å². The van der Waals surface area contributed by atoms with Gasteiger partial charge in [0.15, 0.2) is 0 Å². The van der Waals surface area contributed by atoms with E-state index in [0.717, 1.165) is 44.9 Å². The average Bonchev–Trinajstić information content (AvgIpc) is 3.50. The fraction of sp³-hybridized carbons (Fsp3) is 0.625. The van der Waals surface area contributed by atoms with E-state index < -0.39 is 35.1 Å². The van der Waals surface area contributed by atoms with Crippen LogP contribution in [0.4, 0.5) is 26.3 Å². The van der Waals surface area contributed by atoms with E-state index in [1.165, 1.54) is 0 Å². The van der Waals surface area contributed by atoms with Crippen LogP contribution >= 0.6 is 0 Å². The number of nitrogens with one attached hydrogen (secondary N) is 1. The molecule has 1 heterocycles. The third kappa shape index (κ3) is 5.32. The molecule has 2 fully saturated rings. The molecule has 9 heteroatoms. The molecule has 2 saturated carbocycles. The molecule has 0 bridgehead atoms. The summed E-state index contributed by atoms with van der Waals surface area (Å²) in [5.74, 6) is -0.0356. The van der Waals surface area contributed by atoms with Gasteiger partial charge in [0.2, 0.25) is 5.91 Å². The molecule has 1 amide bonds. The predicted molar refractivity (Wildman–Crippen MR) is 111 cm³/mol. The Labute approximate surface area is 189 Å². The highest BCUT2D eigenvalue weighted by molar-refractivity contribution is 5.95. The second kappa shape index (κ2) is 8.87. The van der Waals surface area contributed by atoms with Gasteiger partial charge in [0.1, 0.15) is 0 Å². The summed E-state index contributed by atoms with van der Waals surface area (Å²) in [6.07, 6.45) is -2.89. The fourth-order valence-electron chi connectivity index (χ4n) is 5.03. The second-order valence-electron chi connectivity index (χ2n) is 9.49. The lowest BCUT2D eigenvalue weighted by molar-refractivity contribution is -0.142. The Morgan fingerprint density at radius 3 is 2.24 bits per heavy atom. The smallest absolute Gasteiger partial charge is 0.367 e. The van der Waals surface area contributed by atoms with E-state index in [0.29, 0.717) is 36.0 Å². The van der Waals surface area contributed by atoms with Crippen LogP contribution in [0.5, 0.6) is 0 Å². The lowest BCUT2D eigenvalue weighted by Crippen LogP contribution is -2.37. The van der Waals surface area contributed by atoms with Crippen molar-refractivity contribution < 1.29 is 31.1 Å². The van der Waals surface area contributed by atoms with E-state index in [1.807, 2.05) is 0 Å². The number of carbonyl (C=O) groups excluding carboxylic acids is 1. The number of hydrogen-bond acceptors (Lipinski definition) is 2. The molecule has 1 aromatic rings. The average molecular weight is 474 g/mol. The highest BCUT2D eigenvalue weighted by Crippen LogP contribution is 2.47. The summed E-state index contributed by atoms with van der Waals surface area (Å²) in [5.41, 5.74) is -1.68. The van der Waals surface area contributed by atoms with Gasteiger partial charge in [-0.2, -0.15) is 26.3 Å². The van der Waals surface area contributed by atoms with Crippen molar-refractivity contribution >= 4 is 5.91 Å². The first kappa shape index (κ1) is 24.0. The zero-order chi connectivity index (χ0) is 24.0. The molecule has 0 saturated heterocycles. The minimum absolute atomic E-state index is 0.0294. The molecule has 0 radical (unpaired) electrons. The van der Waals surface area contributed by atoms with Crippen LogP contribution in [0.2, 0.25) is 0 Å². The van der Waals surface area contributed by atoms with E-state index in [1.54, 1.807) is 11.8 Å². The maximum Gasteiger partial charge on any atom is 0.416 e. The number of benzene rings is 1. The molecule has 33 heavy (non-hydrogen) atoms. The highest BCUT2D eigenvalue weighted by Gasteiger charge is 2.43. The van der Waals surface area contributed by atoms with E-state index in [-0.39, 0.29) is 24.3 Å². The Hall–Kier alpha value is -2.19. The Kier molecular flexibility index (Phi) is 6.44. The minimum Gasteiger partial charge on any atom is -0.367 e. The number of carbonyl (C=O) groups is 1. The lowest BCUT2D eigenvalue weighted by atomic mass is 9.93. The summed E-state index contributed by atoms with van der Waals surface area (Å²) in [4.78, 5) is 14.8. The number of amides is 1. The predicted octanol–water partition coefficient (Wildman–Crippen LogP) is 6.60. The third-order valence-corrected chi connectivity index (χ3v) is 7.05. The van der Waals surface area contributed by atoms with Crippen molar-refractivity contribution in [2.45, 2.75) is 82.7 Å². The monoisotopic (exact) mass is 474 g/mol. The van der Waals surface area contributed by atoms with Gasteiger partial charge in [-0.3, -0.25) is 4.79 Å². The SMILES string of the molecule is CC1=C(C(=O)NC2CCCCC2)CC(c2cc(C(F)(F)F)ccc2C(F)(F)F)N1CC1CC1. The molecule has 4 rings (SSSR count). The zero-order valence-electron chi connectivity index (χ0n) is 18.5. The molecule has 1 unspecified atom stereocenters. The first-order valence-corrected chi connectivity index (χ1v) is 11.5. The lowest BCUT2D eigenvalue weighted by Gasteiger charge is -2.31. The van der Waals surface area contributed by atoms with E-state index in [4.69, 9.17) is 0 Å². The van der Waals surface area contributed by atoms with Crippen molar-refractivity contribution in [1.29, 1.82) is 0 Å². The molecule has 1 aromatic carbocycles. The molecule has 182 valence electrons. The number of alkyl halides is 6. The van der Waals surface area contributed by atoms with Gasteiger partial charge in [-0.15, -0.1) is 0 Å². The van der Waals surface area contributed by atoms with Crippen LogP contribution in [0, 0.1) is 5.92 Å². The van der Waals surface area contributed by atoms with Crippen LogP contribution in [0.25, 0.3) is 0 Å². The van der Waals surface area contributed by atoms with Crippen LogP contribution in [0.3, 0.4) is 0 Å². The van der Waals surface area contributed by atoms with Crippen molar-refractivity contribution in [3.63, 3.8) is 0 Å². The molecule has 3 nitrogen and oxygen atoms in total. The Balaban J connectivity index is 1.68. The number of halogens is 6. The molecular weight excluding hydrogens is 446 g/mol. The van der Waals surface area contributed by atoms with E-state index in [9.17, 15) is 31.1 Å². The first-order valence-electron chi connectivity index (χ1n) is 11.5. The Morgan fingerprint density at radius 1 is 1.00 bits per heavy atom. The summed E-state index contributed by atoms with van der Waals surface area (Å²) in [6, 6.07) is 0.674. The van der Waals surface area contributed by atoms with Crippen LogP contribution in [-0.2, 0) is 17.1 Å². The van der Waals surface area contributed by atoms with Crippen molar-refractivity contribution in [1.82, 2.24) is 10.2 Å². The molecule has 1 atom stereocenters. The summed E-state index contributed by atoms with van der Waals surface area (Å²) >= 11 is 0. The maximum atomic E-state index is 13.8. The quantitative estimate of drug-likeness (QED) is 0.488. The Bertz CT molecular complexity index is 926. The van der Waals surface area contributed by atoms with Crippen molar-refractivity contribution in [2.75, 3.05) is 6.54 Å². The van der Waals surface area contributed by atoms with Gasteiger partial charge >= 0.3 is 12.4 Å². The summed E-state index contributed by atoms with van der Waals surface area (Å²) < 4.78 is 81.5. The molecule has 1 aliphatic heterocycles. The van der Waals surface area contributed by atoms with Crippen molar-refractivity contribution in [3.05, 3.63) is 46.2 Å². The zero-order valence-corrected chi connectivity index (χ0v) is 18.5. The largest absolute Gasteiger partial charge is 0.416 e. The normalized spacial score (nSPS) is 22.8. The van der Waals surface area contributed by atoms with Gasteiger partial charge in [0.05, 0.1) is 17.2 Å². The molecule has 3 aliphatic rings. The van der Waals surface area contributed by atoms with Gasteiger partial charge in [-0.05, 0) is 62.3 Å². The number of allylic oxidation sites excluding steroid dienone is 1. The fourth-order valence-corrected chi connectivity index (χ4v) is 5.03. The second-order valence-corrected chi connectivity index (χ2v) is 9.49. The van der Waals surface area contributed by atoms with Crippen LogP contribution in [0.1, 0.15) is 81.0 Å². The van der Waals surface area contributed by atoms with Gasteiger partial charge in [0, 0.05) is 30.3 Å². The number of nitrogens with zero attached hydrogens (tertiary/aromatic N) is 1. The van der Waals surface area contributed by atoms with Gasteiger partial charge < -0.3 is 10.2 Å². The molecule has 2 aliphatic carbocycles. The van der Waals surface area contributed by atoms with Crippen LogP contribution in [-0.4, -0.2) is 23.4 Å². The van der Waals surface area contributed by atoms with Crippen LogP contribution in [0.15, 0.2) is 29.5 Å². The van der Waals surface area contributed by atoms with Crippen molar-refractivity contribution in [2.24, 2.45) is 5.92 Å². The van der Waals surface area contributed by atoms with Gasteiger partial charge in [-0.25, -0.2) is 0 Å². The molecule has 0 aromatic heterocycles. The van der Waals surface area contributed by atoms with Gasteiger partial charge in [0.25, 0.3) is 0 Å². The minimum atomic E-state index is -4.80.